The van der Waals surface area contributed by atoms with Crippen LogP contribution in [0.15, 0.2) is 0 Å². The number of anilines is 1. The Labute approximate surface area is 142 Å². The van der Waals surface area contributed by atoms with E-state index in [1.54, 1.807) is 6.92 Å². The monoisotopic (exact) mass is 371 g/mol. The summed E-state index contributed by atoms with van der Waals surface area (Å²) in [6, 6.07) is -0.212. The Bertz CT molecular complexity index is 519. The quantitative estimate of drug-likeness (QED) is 0.409. The van der Waals surface area contributed by atoms with Gasteiger partial charge in [-0.1, -0.05) is 11.6 Å². The predicted octanol–water partition coefficient (Wildman–Crippen LogP) is 1.99. The van der Waals surface area contributed by atoms with E-state index in [0.717, 1.165) is 0 Å². The minimum atomic E-state index is -0.725. The molecule has 0 radical (unpaired) electrons. The Morgan fingerprint density at radius 2 is 2.05 bits per heavy atom. The second-order valence-electron chi connectivity index (χ2n) is 4.39. The third-order valence-corrected chi connectivity index (χ3v) is 3.33. The molecule has 1 aromatic rings. The molecular weight excluding hydrogens is 357 g/mol. The van der Waals surface area contributed by atoms with Crippen LogP contribution in [-0.2, 0) is 9.47 Å². The zero-order valence-corrected chi connectivity index (χ0v) is 14.2. The van der Waals surface area contributed by atoms with Crippen molar-refractivity contribution >= 4 is 46.6 Å². The number of nitrogens with zero attached hydrogens (tertiary/aromatic N) is 2. The molecule has 22 heavy (non-hydrogen) atoms. The van der Waals surface area contributed by atoms with Gasteiger partial charge >= 0.3 is 5.97 Å². The molecule has 0 spiro atoms. The molecule has 10 heteroatoms. The van der Waals surface area contributed by atoms with Crippen LogP contribution in [0.3, 0.4) is 0 Å². The first-order valence-electron chi connectivity index (χ1n) is 6.28. The molecule has 1 heterocycles. The number of methoxy groups -OCH3 is 1. The number of nitrogens with one attached hydrogen (secondary N) is 1. The molecular formula is C12H16Cl3N3O4. The lowest BCUT2D eigenvalue weighted by molar-refractivity contribution is 0.0453. The highest BCUT2D eigenvalue weighted by atomic mass is 35.5. The van der Waals surface area contributed by atoms with Crippen molar-refractivity contribution in [2.45, 2.75) is 19.1 Å². The van der Waals surface area contributed by atoms with E-state index < -0.39 is 12.1 Å². The van der Waals surface area contributed by atoms with Gasteiger partial charge in [-0.15, -0.1) is 11.6 Å². The molecule has 0 amide bonds. The molecule has 0 fully saturated rings. The summed E-state index contributed by atoms with van der Waals surface area (Å²) in [5.41, 5.74) is -0.127. The standard InChI is InChI=1S/C12H16Cl3N3O4/c1-6(4-22-5-7(19)3-13)16-10-8(14)9(11(20)21-2)17-12(15)18-10/h6-7,19H,3-5H2,1-2H3,(H,16,17,18). The van der Waals surface area contributed by atoms with Gasteiger partial charge in [0.2, 0.25) is 5.28 Å². The second kappa shape index (κ2) is 9.32. The number of halogens is 3. The Kier molecular flexibility index (Phi) is 8.13. The predicted molar refractivity (Wildman–Crippen MR) is 84.0 cm³/mol. The first-order valence-corrected chi connectivity index (χ1v) is 7.57. The number of aliphatic hydroxyl groups is 1. The van der Waals surface area contributed by atoms with Gasteiger partial charge in [-0.2, -0.15) is 4.98 Å². The van der Waals surface area contributed by atoms with Crippen LogP contribution in [0, 0.1) is 0 Å². The van der Waals surface area contributed by atoms with Crippen molar-refractivity contribution in [2.75, 3.05) is 31.5 Å². The average Bonchev–Trinajstić information content (AvgIpc) is 2.49. The van der Waals surface area contributed by atoms with E-state index in [1.807, 2.05) is 0 Å². The summed E-state index contributed by atoms with van der Waals surface area (Å²) in [5.74, 6) is -0.431. The Balaban J connectivity index is 2.72. The first kappa shape index (κ1) is 19.2. The van der Waals surface area contributed by atoms with Crippen molar-refractivity contribution in [3.63, 3.8) is 0 Å². The van der Waals surface area contributed by atoms with Crippen LogP contribution in [0.5, 0.6) is 0 Å². The Morgan fingerprint density at radius 1 is 1.36 bits per heavy atom. The van der Waals surface area contributed by atoms with Gasteiger partial charge in [0.1, 0.15) is 5.02 Å². The lowest BCUT2D eigenvalue weighted by atomic mass is 10.3. The fourth-order valence-electron chi connectivity index (χ4n) is 1.45. The molecule has 1 aromatic heterocycles. The summed E-state index contributed by atoms with van der Waals surface area (Å²) in [4.78, 5) is 19.2. The van der Waals surface area contributed by atoms with Crippen molar-refractivity contribution < 1.29 is 19.4 Å². The van der Waals surface area contributed by atoms with Gasteiger partial charge in [0.25, 0.3) is 0 Å². The van der Waals surface area contributed by atoms with Crippen molar-refractivity contribution in [3.05, 3.63) is 16.0 Å². The van der Waals surface area contributed by atoms with Crippen LogP contribution >= 0.6 is 34.8 Å². The second-order valence-corrected chi connectivity index (χ2v) is 5.41. The SMILES string of the molecule is COC(=O)c1nc(Cl)nc(NC(C)COCC(O)CCl)c1Cl. The lowest BCUT2D eigenvalue weighted by Crippen LogP contribution is -2.26. The summed E-state index contributed by atoms with van der Waals surface area (Å²) in [7, 11) is 1.21. The molecule has 7 nitrogen and oxygen atoms in total. The molecule has 0 aliphatic rings. The molecule has 0 aromatic carbocycles. The Hall–Kier alpha value is -0.860. The highest BCUT2D eigenvalue weighted by Crippen LogP contribution is 2.25. The van der Waals surface area contributed by atoms with Crippen molar-refractivity contribution in [1.82, 2.24) is 9.97 Å². The van der Waals surface area contributed by atoms with E-state index in [4.69, 9.17) is 39.5 Å². The van der Waals surface area contributed by atoms with Crippen LogP contribution in [0.2, 0.25) is 10.3 Å². The number of aliphatic hydroxyl groups excluding tert-OH is 1. The number of carbonyl (C=O) groups is 1. The molecule has 0 saturated carbocycles. The van der Waals surface area contributed by atoms with Crippen LogP contribution in [0.1, 0.15) is 17.4 Å². The smallest absolute Gasteiger partial charge is 0.358 e. The minimum Gasteiger partial charge on any atom is -0.464 e. The molecule has 2 atom stereocenters. The topological polar surface area (TPSA) is 93.6 Å². The van der Waals surface area contributed by atoms with Gasteiger partial charge in [0.05, 0.1) is 32.3 Å². The van der Waals surface area contributed by atoms with Gasteiger partial charge in [-0.25, -0.2) is 9.78 Å². The number of alkyl halides is 1. The first-order chi connectivity index (χ1) is 10.4. The van der Waals surface area contributed by atoms with E-state index in [0.29, 0.717) is 0 Å². The minimum absolute atomic E-state index is 0.00360. The largest absolute Gasteiger partial charge is 0.464 e. The average molecular weight is 373 g/mol. The number of hydrogen-bond donors (Lipinski definition) is 2. The molecule has 2 N–H and O–H groups in total. The molecule has 0 saturated heterocycles. The number of rotatable bonds is 8. The number of esters is 1. The van der Waals surface area contributed by atoms with Crippen LogP contribution in [0.25, 0.3) is 0 Å². The highest BCUT2D eigenvalue weighted by Gasteiger charge is 2.20. The molecule has 0 bridgehead atoms. The van der Waals surface area contributed by atoms with E-state index in [1.165, 1.54) is 7.11 Å². The van der Waals surface area contributed by atoms with E-state index in [9.17, 15) is 9.90 Å². The van der Waals surface area contributed by atoms with Gasteiger partial charge in [-0.3, -0.25) is 0 Å². The van der Waals surface area contributed by atoms with Crippen LogP contribution in [-0.4, -0.2) is 59.4 Å². The lowest BCUT2D eigenvalue weighted by Gasteiger charge is -2.17. The summed E-state index contributed by atoms with van der Waals surface area (Å²) in [6.45, 7) is 2.18. The van der Waals surface area contributed by atoms with Crippen LogP contribution < -0.4 is 5.32 Å². The summed E-state index contributed by atoms with van der Waals surface area (Å²) >= 11 is 17.3. The molecule has 1 rings (SSSR count). The fourth-order valence-corrected chi connectivity index (χ4v) is 1.92. The van der Waals surface area contributed by atoms with Crippen molar-refractivity contribution in [1.29, 1.82) is 0 Å². The number of hydrogen-bond acceptors (Lipinski definition) is 7. The molecule has 0 aliphatic carbocycles. The molecule has 0 aliphatic heterocycles. The molecule has 124 valence electrons. The maximum absolute atomic E-state index is 11.6. The van der Waals surface area contributed by atoms with Crippen molar-refractivity contribution in [2.24, 2.45) is 0 Å². The summed E-state index contributed by atoms with van der Waals surface area (Å²) < 4.78 is 9.85. The normalized spacial score (nSPS) is 13.5. The Morgan fingerprint density at radius 3 is 2.64 bits per heavy atom. The van der Waals surface area contributed by atoms with E-state index in [-0.39, 0.29) is 47.0 Å². The zero-order valence-electron chi connectivity index (χ0n) is 12.0. The maximum atomic E-state index is 11.6. The summed E-state index contributed by atoms with van der Waals surface area (Å²) in [5, 5.41) is 12.1. The van der Waals surface area contributed by atoms with E-state index in [2.05, 4.69) is 20.0 Å². The number of carbonyl (C=O) groups excluding carboxylic acids is 1. The number of ether oxygens (including phenoxy) is 2. The highest BCUT2D eigenvalue weighted by molar-refractivity contribution is 6.36. The van der Waals surface area contributed by atoms with E-state index >= 15 is 0 Å². The fraction of sp³-hybridized carbons (Fsp3) is 0.583. The third-order valence-electron chi connectivity index (χ3n) is 2.44. The third kappa shape index (κ3) is 5.73. The van der Waals surface area contributed by atoms with Crippen LogP contribution in [0.4, 0.5) is 5.82 Å². The van der Waals surface area contributed by atoms with Gasteiger partial charge < -0.3 is 19.9 Å². The number of aromatic nitrogens is 2. The van der Waals surface area contributed by atoms with Gasteiger partial charge in [-0.05, 0) is 18.5 Å². The molecule has 2 unspecified atom stereocenters. The zero-order chi connectivity index (χ0) is 16.7. The van der Waals surface area contributed by atoms with Gasteiger partial charge in [0, 0.05) is 6.04 Å². The maximum Gasteiger partial charge on any atom is 0.358 e. The summed E-state index contributed by atoms with van der Waals surface area (Å²) in [6.07, 6.45) is -0.725. The van der Waals surface area contributed by atoms with Crippen molar-refractivity contribution in [3.8, 4) is 0 Å². The van der Waals surface area contributed by atoms with Gasteiger partial charge in [0.15, 0.2) is 11.5 Å².